The van der Waals surface area contributed by atoms with Crippen molar-refractivity contribution in [3.05, 3.63) is 41.7 Å². The Morgan fingerprint density at radius 3 is 2.86 bits per heavy atom. The van der Waals surface area contributed by atoms with Crippen LogP contribution in [0, 0.1) is 0 Å². The molecule has 3 N–H and O–H groups in total. The molecule has 0 bridgehead atoms. The molecule has 0 saturated heterocycles. The number of amides is 1. The molecular weight excluding hydrogens is 272 g/mol. The molecule has 2 rings (SSSR count). The van der Waals surface area contributed by atoms with Gasteiger partial charge >= 0.3 is 5.97 Å². The molecule has 0 aliphatic heterocycles. The van der Waals surface area contributed by atoms with Crippen LogP contribution >= 0.6 is 0 Å². The zero-order chi connectivity index (χ0) is 15.2. The predicted molar refractivity (Wildman–Crippen MR) is 77.1 cm³/mol. The standard InChI is InChI=1S/C14H16N4O3/c1-3-21-12(19)8-9(2)15-18-14(20)13-10-6-4-5-7-11(10)16-17-13/h4-8,15H,3H2,1-2H3,(H,16,17)(H,18,20)/b9-8+. The first kappa shape index (κ1) is 14.6. The Hall–Kier alpha value is -2.83. The van der Waals surface area contributed by atoms with E-state index < -0.39 is 11.9 Å². The van der Waals surface area contributed by atoms with Crippen LogP contribution in [-0.2, 0) is 9.53 Å². The van der Waals surface area contributed by atoms with Crippen molar-refractivity contribution in [1.29, 1.82) is 0 Å². The number of nitrogens with zero attached hydrogens (tertiary/aromatic N) is 1. The SMILES string of the molecule is CCOC(=O)/C=C(\C)NNC(=O)c1n[nH]c2ccccc12. The summed E-state index contributed by atoms with van der Waals surface area (Å²) in [4.78, 5) is 23.3. The number of hydrazine groups is 1. The topological polar surface area (TPSA) is 96.1 Å². The maximum Gasteiger partial charge on any atom is 0.332 e. The molecule has 0 aliphatic rings. The molecule has 21 heavy (non-hydrogen) atoms. The molecular formula is C14H16N4O3. The van der Waals surface area contributed by atoms with Crippen LogP contribution in [0.1, 0.15) is 24.3 Å². The largest absolute Gasteiger partial charge is 0.463 e. The minimum Gasteiger partial charge on any atom is -0.463 e. The van der Waals surface area contributed by atoms with Crippen molar-refractivity contribution in [2.45, 2.75) is 13.8 Å². The van der Waals surface area contributed by atoms with Gasteiger partial charge in [0.1, 0.15) is 0 Å². The Kier molecular flexibility index (Phi) is 4.55. The van der Waals surface area contributed by atoms with E-state index in [9.17, 15) is 9.59 Å². The van der Waals surface area contributed by atoms with Crippen LogP contribution in [0.15, 0.2) is 36.0 Å². The fourth-order valence-corrected chi connectivity index (χ4v) is 1.75. The van der Waals surface area contributed by atoms with Crippen LogP contribution < -0.4 is 10.9 Å². The minimum atomic E-state index is -0.470. The maximum absolute atomic E-state index is 12.0. The number of aromatic nitrogens is 2. The third-order valence-corrected chi connectivity index (χ3v) is 2.68. The van der Waals surface area contributed by atoms with Crippen LogP contribution in [0.2, 0.25) is 0 Å². The summed E-state index contributed by atoms with van der Waals surface area (Å²) in [5, 5.41) is 7.48. The molecule has 0 aliphatic carbocycles. The number of benzene rings is 1. The lowest BCUT2D eigenvalue weighted by molar-refractivity contribution is -0.137. The molecule has 1 heterocycles. The highest BCUT2D eigenvalue weighted by molar-refractivity contribution is 6.04. The van der Waals surface area contributed by atoms with Crippen LogP contribution in [0.5, 0.6) is 0 Å². The summed E-state index contributed by atoms with van der Waals surface area (Å²) in [5.41, 5.74) is 6.63. The number of carbonyl (C=O) groups excluding carboxylic acids is 2. The lowest BCUT2D eigenvalue weighted by atomic mass is 10.2. The van der Waals surface area contributed by atoms with E-state index in [1.54, 1.807) is 19.9 Å². The summed E-state index contributed by atoms with van der Waals surface area (Å²) in [6.07, 6.45) is 1.26. The molecule has 0 saturated carbocycles. The van der Waals surface area contributed by atoms with E-state index in [0.29, 0.717) is 12.3 Å². The van der Waals surface area contributed by atoms with Gasteiger partial charge in [0.2, 0.25) is 0 Å². The van der Waals surface area contributed by atoms with Crippen molar-refractivity contribution in [2.75, 3.05) is 6.61 Å². The summed E-state index contributed by atoms with van der Waals surface area (Å²) in [6, 6.07) is 7.31. The average Bonchev–Trinajstić information content (AvgIpc) is 2.89. The first-order valence-corrected chi connectivity index (χ1v) is 6.46. The van der Waals surface area contributed by atoms with Gasteiger partial charge in [-0.3, -0.25) is 15.3 Å². The number of fused-ring (bicyclic) bond motifs is 1. The van der Waals surface area contributed by atoms with Crippen molar-refractivity contribution >= 4 is 22.8 Å². The van der Waals surface area contributed by atoms with Crippen molar-refractivity contribution in [3.8, 4) is 0 Å². The van der Waals surface area contributed by atoms with Gasteiger partial charge in [0.05, 0.1) is 12.1 Å². The van der Waals surface area contributed by atoms with E-state index >= 15 is 0 Å². The van der Waals surface area contributed by atoms with E-state index in [2.05, 4.69) is 21.0 Å². The number of H-pyrrole nitrogens is 1. The predicted octanol–water partition coefficient (Wildman–Crippen LogP) is 1.26. The number of allylic oxidation sites excluding steroid dienone is 1. The van der Waals surface area contributed by atoms with Crippen LogP contribution in [-0.4, -0.2) is 28.7 Å². The number of hydrogen-bond acceptors (Lipinski definition) is 5. The van der Waals surface area contributed by atoms with Gasteiger partial charge in [-0.2, -0.15) is 5.10 Å². The van der Waals surface area contributed by atoms with Crippen LogP contribution in [0.4, 0.5) is 0 Å². The van der Waals surface area contributed by atoms with Gasteiger partial charge in [-0.1, -0.05) is 18.2 Å². The molecule has 1 amide bonds. The lowest BCUT2D eigenvalue weighted by Gasteiger charge is -2.07. The zero-order valence-corrected chi connectivity index (χ0v) is 11.8. The summed E-state index contributed by atoms with van der Waals surface area (Å²) >= 11 is 0. The molecule has 0 fully saturated rings. The summed E-state index contributed by atoms with van der Waals surface area (Å²) < 4.78 is 4.76. The van der Waals surface area contributed by atoms with Gasteiger partial charge in [0.15, 0.2) is 5.69 Å². The van der Waals surface area contributed by atoms with E-state index in [0.717, 1.165) is 10.9 Å². The second-order valence-corrected chi connectivity index (χ2v) is 4.28. The van der Waals surface area contributed by atoms with Crippen molar-refractivity contribution in [1.82, 2.24) is 21.0 Å². The number of hydrogen-bond donors (Lipinski definition) is 3. The summed E-state index contributed by atoms with van der Waals surface area (Å²) in [7, 11) is 0. The van der Waals surface area contributed by atoms with Crippen molar-refractivity contribution < 1.29 is 14.3 Å². The van der Waals surface area contributed by atoms with E-state index in [1.165, 1.54) is 6.08 Å². The Bertz CT molecular complexity index is 690. The second kappa shape index (κ2) is 6.56. The molecule has 2 aromatic rings. The maximum atomic E-state index is 12.0. The Morgan fingerprint density at radius 1 is 1.33 bits per heavy atom. The second-order valence-electron chi connectivity index (χ2n) is 4.28. The number of rotatable bonds is 5. The van der Waals surface area contributed by atoms with Gasteiger partial charge in [-0.25, -0.2) is 4.79 Å². The van der Waals surface area contributed by atoms with Crippen LogP contribution in [0.25, 0.3) is 10.9 Å². The number of para-hydroxylation sites is 1. The molecule has 0 radical (unpaired) electrons. The van der Waals surface area contributed by atoms with Gasteiger partial charge < -0.3 is 10.2 Å². The molecule has 7 nitrogen and oxygen atoms in total. The normalized spacial score (nSPS) is 11.2. The highest BCUT2D eigenvalue weighted by Gasteiger charge is 2.13. The van der Waals surface area contributed by atoms with Gasteiger partial charge in [0, 0.05) is 17.2 Å². The van der Waals surface area contributed by atoms with Crippen LogP contribution in [0.3, 0.4) is 0 Å². The summed E-state index contributed by atoms with van der Waals surface area (Å²) in [6.45, 7) is 3.66. The molecule has 0 atom stereocenters. The highest BCUT2D eigenvalue weighted by Crippen LogP contribution is 2.14. The third-order valence-electron chi connectivity index (χ3n) is 2.68. The number of carbonyl (C=O) groups is 2. The molecule has 0 spiro atoms. The first-order valence-electron chi connectivity index (χ1n) is 6.46. The van der Waals surface area contributed by atoms with Gasteiger partial charge in [-0.05, 0) is 19.9 Å². The lowest BCUT2D eigenvalue weighted by Crippen LogP contribution is -2.36. The third kappa shape index (κ3) is 3.59. The number of ether oxygens (including phenoxy) is 1. The highest BCUT2D eigenvalue weighted by atomic mass is 16.5. The minimum absolute atomic E-state index is 0.280. The zero-order valence-electron chi connectivity index (χ0n) is 11.8. The van der Waals surface area contributed by atoms with E-state index in [4.69, 9.17) is 4.74 Å². The smallest absolute Gasteiger partial charge is 0.332 e. The number of nitrogens with one attached hydrogen (secondary N) is 3. The van der Waals surface area contributed by atoms with Crippen molar-refractivity contribution in [2.24, 2.45) is 0 Å². The molecule has 110 valence electrons. The Balaban J connectivity index is 2.00. The van der Waals surface area contributed by atoms with E-state index in [1.807, 2.05) is 18.2 Å². The van der Waals surface area contributed by atoms with E-state index in [-0.39, 0.29) is 5.69 Å². The Labute approximate surface area is 121 Å². The fourth-order valence-electron chi connectivity index (χ4n) is 1.75. The molecule has 1 aromatic carbocycles. The molecule has 1 aromatic heterocycles. The van der Waals surface area contributed by atoms with Crippen molar-refractivity contribution in [3.63, 3.8) is 0 Å². The van der Waals surface area contributed by atoms with Gasteiger partial charge in [0.25, 0.3) is 5.91 Å². The molecule has 7 heteroatoms. The number of esters is 1. The molecule has 0 unspecified atom stereocenters. The summed E-state index contributed by atoms with van der Waals surface area (Å²) in [5.74, 6) is -0.869. The average molecular weight is 288 g/mol. The monoisotopic (exact) mass is 288 g/mol. The fraction of sp³-hybridized carbons (Fsp3) is 0.214. The first-order chi connectivity index (χ1) is 10.1. The van der Waals surface area contributed by atoms with Gasteiger partial charge in [-0.15, -0.1) is 0 Å². The number of aromatic amines is 1. The quantitative estimate of drug-likeness (QED) is 0.437. The Morgan fingerprint density at radius 2 is 2.10 bits per heavy atom.